The zero-order valence-corrected chi connectivity index (χ0v) is 12.7. The van der Waals surface area contributed by atoms with E-state index < -0.39 is 0 Å². The van der Waals surface area contributed by atoms with E-state index in [-0.39, 0.29) is 17.6 Å². The van der Waals surface area contributed by atoms with Crippen LogP contribution in [0.3, 0.4) is 0 Å². The van der Waals surface area contributed by atoms with Gasteiger partial charge in [-0.25, -0.2) is 9.78 Å². The number of esters is 1. The molecule has 0 aliphatic rings. The summed E-state index contributed by atoms with van der Waals surface area (Å²) >= 11 is 1.34. The summed E-state index contributed by atoms with van der Waals surface area (Å²) in [6.45, 7) is 1.67. The highest BCUT2D eigenvalue weighted by atomic mass is 32.1. The highest BCUT2D eigenvalue weighted by Gasteiger charge is 2.13. The number of hydrogen-bond donors (Lipinski definition) is 1. The molecule has 0 saturated carbocycles. The molecule has 3 aromatic rings. The van der Waals surface area contributed by atoms with Gasteiger partial charge < -0.3 is 14.5 Å². The van der Waals surface area contributed by atoms with Crippen molar-refractivity contribution >= 4 is 39.0 Å². The number of aryl methyl sites for hydroxylation is 1. The number of fused-ring (bicyclic) bond motifs is 1. The minimum absolute atomic E-state index is 0.221. The number of methoxy groups -OCH3 is 1. The molecule has 22 heavy (non-hydrogen) atoms. The molecule has 0 saturated heterocycles. The molecule has 6 nitrogen and oxygen atoms in total. The maximum atomic E-state index is 12.0. The van der Waals surface area contributed by atoms with Crippen LogP contribution in [-0.2, 0) is 4.74 Å². The van der Waals surface area contributed by atoms with Gasteiger partial charge in [0.05, 0.1) is 7.11 Å². The monoisotopic (exact) mass is 316 g/mol. The molecule has 0 atom stereocenters. The molecule has 7 heteroatoms. The van der Waals surface area contributed by atoms with E-state index in [4.69, 9.17) is 9.15 Å². The quantitative estimate of drug-likeness (QED) is 0.750. The summed E-state index contributed by atoms with van der Waals surface area (Å²) in [6, 6.07) is 7.14. The van der Waals surface area contributed by atoms with E-state index >= 15 is 0 Å². The Hall–Kier alpha value is -2.67. The number of carbonyl (C=O) groups is 2. The smallest absolute Gasteiger partial charge is 0.348 e. The van der Waals surface area contributed by atoms with E-state index in [9.17, 15) is 9.59 Å². The number of nitrogens with one attached hydrogen (secondary N) is 1. The van der Waals surface area contributed by atoms with Crippen molar-refractivity contribution in [3.8, 4) is 0 Å². The fourth-order valence-corrected chi connectivity index (χ4v) is 2.95. The molecule has 2 heterocycles. The second kappa shape index (κ2) is 5.61. The van der Waals surface area contributed by atoms with Gasteiger partial charge in [-0.1, -0.05) is 0 Å². The summed E-state index contributed by atoms with van der Waals surface area (Å²) in [5.74, 6) is -0.286. The van der Waals surface area contributed by atoms with Crippen molar-refractivity contribution in [1.29, 1.82) is 0 Å². The van der Waals surface area contributed by atoms with Crippen molar-refractivity contribution in [3.05, 3.63) is 47.0 Å². The van der Waals surface area contributed by atoms with Gasteiger partial charge in [0, 0.05) is 17.3 Å². The number of anilines is 1. The Kier molecular flexibility index (Phi) is 3.64. The number of aromatic nitrogens is 1. The van der Waals surface area contributed by atoms with Crippen molar-refractivity contribution in [2.45, 2.75) is 6.92 Å². The number of hydrogen-bond acceptors (Lipinski definition) is 6. The van der Waals surface area contributed by atoms with E-state index in [1.54, 1.807) is 25.1 Å². The van der Waals surface area contributed by atoms with E-state index in [1.807, 2.05) is 6.07 Å². The first-order valence-electron chi connectivity index (χ1n) is 6.42. The summed E-state index contributed by atoms with van der Waals surface area (Å²) in [5, 5.41) is 3.60. The summed E-state index contributed by atoms with van der Waals surface area (Å²) < 4.78 is 10.7. The lowest BCUT2D eigenvalue weighted by atomic mass is 10.2. The average Bonchev–Trinajstić information content (AvgIpc) is 3.12. The van der Waals surface area contributed by atoms with Crippen molar-refractivity contribution < 1.29 is 18.7 Å². The number of thiophene rings is 1. The number of amides is 1. The number of carbonyl (C=O) groups excluding carboxylic acids is 2. The first-order valence-corrected chi connectivity index (χ1v) is 7.24. The minimum Gasteiger partial charge on any atom is -0.465 e. The minimum atomic E-state index is -0.371. The Balaban J connectivity index is 1.85. The van der Waals surface area contributed by atoms with Crippen LogP contribution in [0.15, 0.2) is 34.9 Å². The van der Waals surface area contributed by atoms with Crippen LogP contribution in [0, 0.1) is 6.92 Å². The normalized spacial score (nSPS) is 10.6. The van der Waals surface area contributed by atoms with Gasteiger partial charge in [0.1, 0.15) is 11.1 Å². The molecule has 0 spiro atoms. The Morgan fingerprint density at radius 2 is 2.14 bits per heavy atom. The van der Waals surface area contributed by atoms with Gasteiger partial charge >= 0.3 is 5.97 Å². The number of oxazole rings is 1. The fraction of sp³-hybridized carbons (Fsp3) is 0.133. The molecule has 2 aromatic heterocycles. The maximum Gasteiger partial charge on any atom is 0.348 e. The lowest BCUT2D eigenvalue weighted by molar-refractivity contribution is 0.0606. The lowest BCUT2D eigenvalue weighted by Crippen LogP contribution is -2.12. The number of benzene rings is 1. The molecule has 0 aliphatic carbocycles. The van der Waals surface area contributed by atoms with Crippen LogP contribution in [-0.4, -0.2) is 24.0 Å². The summed E-state index contributed by atoms with van der Waals surface area (Å²) in [7, 11) is 1.35. The van der Waals surface area contributed by atoms with Crippen molar-refractivity contribution in [2.24, 2.45) is 0 Å². The zero-order chi connectivity index (χ0) is 15.7. The summed E-state index contributed by atoms with van der Waals surface area (Å²) in [4.78, 5) is 28.0. The zero-order valence-electron chi connectivity index (χ0n) is 11.9. The van der Waals surface area contributed by atoms with Gasteiger partial charge in [-0.05, 0) is 29.7 Å². The predicted molar refractivity (Wildman–Crippen MR) is 82.4 cm³/mol. The van der Waals surface area contributed by atoms with Crippen LogP contribution < -0.4 is 5.32 Å². The Morgan fingerprint density at radius 3 is 2.82 bits per heavy atom. The fourth-order valence-electron chi connectivity index (χ4n) is 1.99. The largest absolute Gasteiger partial charge is 0.465 e. The Bertz CT molecular complexity index is 865. The predicted octanol–water partition coefficient (Wildman–Crippen LogP) is 3.24. The molecule has 0 unspecified atom stereocenters. The molecule has 1 aromatic carbocycles. The Morgan fingerprint density at radius 1 is 1.32 bits per heavy atom. The SMILES string of the molecule is COC(=O)c1cc2cc(NC(=O)c3coc(C)n3)ccc2s1. The standard InChI is InChI=1S/C15H12N2O4S/c1-8-16-11(7-21-8)14(18)17-10-3-4-12-9(5-10)6-13(22-12)15(19)20-2/h3-7H,1-2H3,(H,17,18). The molecule has 0 fully saturated rings. The van der Waals surface area contributed by atoms with E-state index in [0.29, 0.717) is 16.5 Å². The number of rotatable bonds is 3. The summed E-state index contributed by atoms with van der Waals surface area (Å²) in [5.41, 5.74) is 0.838. The third kappa shape index (κ3) is 2.71. The van der Waals surface area contributed by atoms with Gasteiger partial charge in [0.25, 0.3) is 5.91 Å². The molecule has 0 aliphatic heterocycles. The summed E-state index contributed by atoms with van der Waals surface area (Å²) in [6.07, 6.45) is 1.31. The molecule has 0 radical (unpaired) electrons. The van der Waals surface area contributed by atoms with E-state index in [0.717, 1.165) is 10.1 Å². The van der Waals surface area contributed by atoms with Crippen molar-refractivity contribution in [1.82, 2.24) is 4.98 Å². The van der Waals surface area contributed by atoms with Crippen LogP contribution in [0.25, 0.3) is 10.1 Å². The van der Waals surface area contributed by atoms with Gasteiger partial charge in [0.15, 0.2) is 11.6 Å². The molecule has 1 N–H and O–H groups in total. The van der Waals surface area contributed by atoms with Gasteiger partial charge in [-0.15, -0.1) is 11.3 Å². The third-order valence-corrected chi connectivity index (χ3v) is 4.11. The van der Waals surface area contributed by atoms with Gasteiger partial charge in [0.2, 0.25) is 0 Å². The van der Waals surface area contributed by atoms with Gasteiger partial charge in [-0.3, -0.25) is 4.79 Å². The van der Waals surface area contributed by atoms with Crippen LogP contribution in [0.4, 0.5) is 5.69 Å². The molecule has 112 valence electrons. The molecular weight excluding hydrogens is 304 g/mol. The average molecular weight is 316 g/mol. The highest BCUT2D eigenvalue weighted by Crippen LogP contribution is 2.28. The number of nitrogens with zero attached hydrogens (tertiary/aromatic N) is 1. The molecule has 1 amide bonds. The van der Waals surface area contributed by atoms with Crippen molar-refractivity contribution in [2.75, 3.05) is 12.4 Å². The third-order valence-electron chi connectivity index (χ3n) is 3.01. The second-order valence-electron chi connectivity index (χ2n) is 4.56. The van der Waals surface area contributed by atoms with E-state index in [2.05, 4.69) is 10.3 Å². The molecule has 3 rings (SSSR count). The molecule has 0 bridgehead atoms. The molecular formula is C15H12N2O4S. The lowest BCUT2D eigenvalue weighted by Gasteiger charge is -2.02. The van der Waals surface area contributed by atoms with Crippen LogP contribution >= 0.6 is 11.3 Å². The van der Waals surface area contributed by atoms with Crippen LogP contribution in [0.5, 0.6) is 0 Å². The second-order valence-corrected chi connectivity index (χ2v) is 5.64. The Labute approximate surface area is 129 Å². The van der Waals surface area contributed by atoms with E-state index in [1.165, 1.54) is 24.7 Å². The van der Waals surface area contributed by atoms with Crippen LogP contribution in [0.1, 0.15) is 26.1 Å². The van der Waals surface area contributed by atoms with Crippen molar-refractivity contribution in [3.63, 3.8) is 0 Å². The maximum absolute atomic E-state index is 12.0. The highest BCUT2D eigenvalue weighted by molar-refractivity contribution is 7.20. The van der Waals surface area contributed by atoms with Gasteiger partial charge in [-0.2, -0.15) is 0 Å². The topological polar surface area (TPSA) is 81.4 Å². The first-order chi connectivity index (χ1) is 10.6. The van der Waals surface area contributed by atoms with Crippen LogP contribution in [0.2, 0.25) is 0 Å². The number of ether oxygens (including phenoxy) is 1. The first kappa shape index (κ1) is 14.3.